The Kier molecular flexibility index (Phi) is 7.18. The Morgan fingerprint density at radius 3 is 1.82 bits per heavy atom. The maximum absolute atomic E-state index is 5.27. The molecule has 4 aromatic heterocycles. The molecule has 5 heteroatoms. The molecule has 0 aliphatic rings. The van der Waals surface area contributed by atoms with E-state index in [1.54, 1.807) is 0 Å². The summed E-state index contributed by atoms with van der Waals surface area (Å²) < 4.78 is 1.93. The predicted octanol–water partition coefficient (Wildman–Crippen LogP) is 11.1. The quantitative estimate of drug-likeness (QED) is 0.180. The first kappa shape index (κ1) is 30.6. The molecule has 0 bridgehead atoms. The molecule has 4 heterocycles. The fraction of sp³-hybridized carbons (Fsp3) is 0.182. The minimum atomic E-state index is -0.155. The smallest absolute Gasteiger partial charge is 0.182 e. The van der Waals surface area contributed by atoms with E-state index in [0.717, 1.165) is 77.8 Å². The van der Waals surface area contributed by atoms with Crippen molar-refractivity contribution in [3.8, 4) is 44.8 Å². The van der Waals surface area contributed by atoms with Crippen LogP contribution in [0.2, 0.25) is 0 Å². The number of hydrogen-bond donors (Lipinski definition) is 0. The zero-order chi connectivity index (χ0) is 33.9. The first-order valence-corrected chi connectivity index (χ1v) is 16.9. The van der Waals surface area contributed by atoms with Crippen molar-refractivity contribution in [3.63, 3.8) is 0 Å². The van der Waals surface area contributed by atoms with E-state index in [0.29, 0.717) is 5.82 Å². The molecule has 240 valence electrons. The zero-order valence-electron chi connectivity index (χ0n) is 28.9. The summed E-state index contributed by atoms with van der Waals surface area (Å²) in [7, 11) is 0. The Hall–Kier alpha value is -5.68. The Bertz CT molecular complexity index is 2500. The largest absolute Gasteiger partial charge is 0.250 e. The van der Waals surface area contributed by atoms with Crippen LogP contribution in [-0.2, 0) is 10.8 Å². The second-order valence-corrected chi connectivity index (χ2v) is 14.9. The molecular weight excluding hydrogens is 599 g/mol. The normalized spacial score (nSPS) is 12.3. The highest BCUT2D eigenvalue weighted by atomic mass is 15.3. The lowest BCUT2D eigenvalue weighted by Crippen LogP contribution is -2.15. The molecule has 0 aliphatic heterocycles. The number of hydrogen-bond acceptors (Lipinski definition) is 4. The van der Waals surface area contributed by atoms with Gasteiger partial charge in [-0.3, -0.25) is 0 Å². The van der Waals surface area contributed by atoms with E-state index in [9.17, 15) is 0 Å². The van der Waals surface area contributed by atoms with Crippen LogP contribution < -0.4 is 0 Å². The average molecular weight is 638 g/mol. The van der Waals surface area contributed by atoms with Gasteiger partial charge in [-0.2, -0.15) is 0 Å². The van der Waals surface area contributed by atoms with Crippen LogP contribution in [0.1, 0.15) is 52.9 Å². The zero-order valence-corrected chi connectivity index (χ0v) is 28.9. The maximum Gasteiger partial charge on any atom is 0.182 e. The van der Waals surface area contributed by atoms with E-state index < -0.39 is 0 Å². The van der Waals surface area contributed by atoms with Gasteiger partial charge in [-0.25, -0.2) is 19.5 Å². The van der Waals surface area contributed by atoms with Crippen molar-refractivity contribution >= 4 is 27.5 Å². The Morgan fingerprint density at radius 2 is 1.10 bits per heavy atom. The highest BCUT2D eigenvalue weighted by Gasteiger charge is 2.22. The Morgan fingerprint density at radius 1 is 0.469 bits per heavy atom. The van der Waals surface area contributed by atoms with Gasteiger partial charge in [0, 0.05) is 55.9 Å². The molecule has 4 aromatic carbocycles. The molecule has 0 unspecified atom stereocenters. The molecule has 0 amide bonds. The molecule has 8 aromatic rings. The summed E-state index contributed by atoms with van der Waals surface area (Å²) in [6.45, 7) is 13.3. The van der Waals surface area contributed by atoms with Gasteiger partial charge in [0.1, 0.15) is 0 Å². The molecule has 0 radical (unpaired) electrons. The molecular formula is C44H39N5. The van der Waals surface area contributed by atoms with Crippen LogP contribution in [0.25, 0.3) is 72.2 Å². The molecule has 0 N–H and O–H groups in total. The summed E-state index contributed by atoms with van der Waals surface area (Å²) in [6.07, 6.45) is 2.08. The number of fused-ring (bicyclic) bond motifs is 4. The van der Waals surface area contributed by atoms with Crippen molar-refractivity contribution < 1.29 is 0 Å². The third-order valence-electron chi connectivity index (χ3n) is 9.23. The van der Waals surface area contributed by atoms with Crippen LogP contribution >= 0.6 is 0 Å². The lowest BCUT2D eigenvalue weighted by molar-refractivity contribution is 0.570. The van der Waals surface area contributed by atoms with Gasteiger partial charge in [-0.05, 0) is 46.5 Å². The van der Waals surface area contributed by atoms with Crippen molar-refractivity contribution in [2.75, 3.05) is 0 Å². The summed E-state index contributed by atoms with van der Waals surface area (Å²) in [5, 5.41) is 7.24. The first-order chi connectivity index (χ1) is 23.5. The third-order valence-corrected chi connectivity index (χ3v) is 9.23. The summed E-state index contributed by atoms with van der Waals surface area (Å²) in [5.74, 6) is 0.681. The fourth-order valence-corrected chi connectivity index (χ4v) is 6.46. The monoisotopic (exact) mass is 637 g/mol. The lowest BCUT2D eigenvalue weighted by Gasteiger charge is -2.22. The second kappa shape index (κ2) is 11.5. The molecule has 0 spiro atoms. The highest BCUT2D eigenvalue weighted by molar-refractivity contribution is 6.08. The van der Waals surface area contributed by atoms with Gasteiger partial charge in [0.2, 0.25) is 0 Å². The van der Waals surface area contributed by atoms with E-state index >= 15 is 0 Å². The van der Waals surface area contributed by atoms with Gasteiger partial charge < -0.3 is 0 Å². The molecule has 49 heavy (non-hydrogen) atoms. The Labute approximate surface area is 287 Å². The van der Waals surface area contributed by atoms with Gasteiger partial charge in [-0.15, -0.1) is 5.10 Å². The van der Waals surface area contributed by atoms with E-state index in [4.69, 9.17) is 20.1 Å². The van der Waals surface area contributed by atoms with Crippen LogP contribution in [0, 0.1) is 0 Å². The van der Waals surface area contributed by atoms with E-state index in [2.05, 4.69) is 157 Å². The van der Waals surface area contributed by atoms with Gasteiger partial charge in [0.25, 0.3) is 0 Å². The summed E-state index contributed by atoms with van der Waals surface area (Å²) in [5.41, 5.74) is 12.1. The fourth-order valence-electron chi connectivity index (χ4n) is 6.46. The standard InChI is InChI=1S/C44H39N5/c1-43(2,3)37-23-21-30-20-22-34-35(26-38(44(4,5)6)46-40(34)39(30)45-37)31-18-13-19-32(24-31)41-47-42-36(29-16-11-8-12-17-29)25-33(27-49(42)48-41)28-14-9-7-10-15-28/h7-27H,1-6H3. The predicted molar refractivity (Wildman–Crippen MR) is 203 cm³/mol. The summed E-state index contributed by atoms with van der Waals surface area (Å²) in [6, 6.07) is 42.6. The molecule has 0 fully saturated rings. The van der Waals surface area contributed by atoms with Gasteiger partial charge in [0.05, 0.1) is 11.0 Å². The molecule has 0 saturated heterocycles. The van der Waals surface area contributed by atoms with Gasteiger partial charge >= 0.3 is 0 Å². The Balaban J connectivity index is 1.32. The minimum Gasteiger partial charge on any atom is -0.250 e. The number of benzene rings is 4. The van der Waals surface area contributed by atoms with Crippen LogP contribution in [0.15, 0.2) is 128 Å². The van der Waals surface area contributed by atoms with E-state index in [1.165, 1.54) is 0 Å². The maximum atomic E-state index is 5.27. The van der Waals surface area contributed by atoms with E-state index in [1.807, 2.05) is 16.6 Å². The van der Waals surface area contributed by atoms with Crippen molar-refractivity contribution in [1.82, 2.24) is 24.6 Å². The van der Waals surface area contributed by atoms with Crippen molar-refractivity contribution in [1.29, 1.82) is 0 Å². The molecule has 0 saturated carbocycles. The topological polar surface area (TPSA) is 56.0 Å². The van der Waals surface area contributed by atoms with E-state index in [-0.39, 0.29) is 10.8 Å². The number of pyridine rings is 3. The molecule has 0 aliphatic carbocycles. The van der Waals surface area contributed by atoms with Crippen molar-refractivity contribution in [3.05, 3.63) is 139 Å². The third kappa shape index (κ3) is 5.65. The second-order valence-electron chi connectivity index (χ2n) is 14.9. The number of nitrogens with zero attached hydrogens (tertiary/aromatic N) is 5. The van der Waals surface area contributed by atoms with Crippen LogP contribution in [0.4, 0.5) is 0 Å². The van der Waals surface area contributed by atoms with Gasteiger partial charge in [0.15, 0.2) is 11.5 Å². The molecule has 8 rings (SSSR count). The number of aromatic nitrogens is 5. The summed E-state index contributed by atoms with van der Waals surface area (Å²) >= 11 is 0. The average Bonchev–Trinajstić information content (AvgIpc) is 3.55. The van der Waals surface area contributed by atoms with Gasteiger partial charge in [-0.1, -0.05) is 139 Å². The van der Waals surface area contributed by atoms with Crippen LogP contribution in [0.5, 0.6) is 0 Å². The lowest BCUT2D eigenvalue weighted by atomic mass is 9.87. The van der Waals surface area contributed by atoms with Crippen LogP contribution in [0.3, 0.4) is 0 Å². The van der Waals surface area contributed by atoms with Crippen LogP contribution in [-0.4, -0.2) is 24.6 Å². The van der Waals surface area contributed by atoms with Crippen molar-refractivity contribution in [2.45, 2.75) is 52.4 Å². The first-order valence-electron chi connectivity index (χ1n) is 16.9. The minimum absolute atomic E-state index is 0.0709. The molecule has 0 atom stereocenters. The highest BCUT2D eigenvalue weighted by Crippen LogP contribution is 2.38. The molecule has 5 nitrogen and oxygen atoms in total. The summed E-state index contributed by atoms with van der Waals surface area (Å²) in [4.78, 5) is 15.6. The van der Waals surface area contributed by atoms with Crippen molar-refractivity contribution in [2.24, 2.45) is 0 Å². The SMILES string of the molecule is CC(C)(C)c1ccc2ccc3c(-c4cccc(-c5nc6c(-c7ccccc7)cc(-c7ccccc7)cn6n5)c4)cc(C(C)(C)C)nc3c2n1. The number of rotatable bonds is 4.